The number of hydrogen-bond donors (Lipinski definition) is 1. The molecule has 0 amide bonds. The molecule has 0 unspecified atom stereocenters. The zero-order valence-electron chi connectivity index (χ0n) is 10.6. The van der Waals surface area contributed by atoms with E-state index >= 15 is 0 Å². The van der Waals surface area contributed by atoms with E-state index in [9.17, 15) is 0 Å². The number of nitrogens with one attached hydrogen (secondary N) is 1. The molecule has 1 aromatic heterocycles. The lowest BCUT2D eigenvalue weighted by Crippen LogP contribution is -2.13. The molecule has 0 fully saturated rings. The molecule has 1 heterocycles. The van der Waals surface area contributed by atoms with Gasteiger partial charge in [0.25, 0.3) is 5.88 Å². The molecule has 0 saturated carbocycles. The molecule has 0 radical (unpaired) electrons. The van der Waals surface area contributed by atoms with Gasteiger partial charge in [0.1, 0.15) is 11.1 Å². The van der Waals surface area contributed by atoms with E-state index < -0.39 is 0 Å². The second-order valence-electron chi connectivity index (χ2n) is 3.94. The molecule has 1 atom stereocenters. The third-order valence-corrected chi connectivity index (χ3v) is 3.41. The summed E-state index contributed by atoms with van der Waals surface area (Å²) in [5.41, 5.74) is 1.08. The van der Waals surface area contributed by atoms with E-state index in [4.69, 9.17) is 9.26 Å². The van der Waals surface area contributed by atoms with Crippen LogP contribution in [0.2, 0.25) is 0 Å². The highest BCUT2D eigenvalue weighted by molar-refractivity contribution is 9.10. The summed E-state index contributed by atoms with van der Waals surface area (Å²) in [5.74, 6) is 1.10. The van der Waals surface area contributed by atoms with Crippen LogP contribution in [0.25, 0.3) is 0 Å². The van der Waals surface area contributed by atoms with E-state index in [2.05, 4.69) is 33.0 Å². The van der Waals surface area contributed by atoms with Crippen LogP contribution in [-0.4, -0.2) is 12.2 Å². The van der Waals surface area contributed by atoms with E-state index in [0.29, 0.717) is 22.7 Å². The third-order valence-electron chi connectivity index (χ3n) is 2.68. The van der Waals surface area contributed by atoms with Crippen molar-refractivity contribution in [3.05, 3.63) is 58.8 Å². The van der Waals surface area contributed by atoms with Gasteiger partial charge in [-0.05, 0) is 33.7 Å². The van der Waals surface area contributed by atoms with Gasteiger partial charge in [-0.25, -0.2) is 0 Å². The summed E-state index contributed by atoms with van der Waals surface area (Å²) in [6.45, 7) is 4.19. The zero-order chi connectivity index (χ0) is 13.7. The molecular formula is C14H15BrN2O2. The Balaban J connectivity index is 2.08. The van der Waals surface area contributed by atoms with Gasteiger partial charge in [-0.1, -0.05) is 36.4 Å². The van der Waals surface area contributed by atoms with E-state index in [0.717, 1.165) is 5.56 Å². The minimum atomic E-state index is -0.101. The minimum absolute atomic E-state index is 0.101. The molecule has 0 aliphatic rings. The summed E-state index contributed by atoms with van der Waals surface area (Å²) in [6.07, 6.45) is 1.74. The average molecular weight is 323 g/mol. The van der Waals surface area contributed by atoms with Crippen molar-refractivity contribution in [2.45, 2.75) is 12.6 Å². The van der Waals surface area contributed by atoms with Gasteiger partial charge in [-0.2, -0.15) is 0 Å². The Morgan fingerprint density at radius 3 is 2.84 bits per heavy atom. The second kappa shape index (κ2) is 6.54. The van der Waals surface area contributed by atoms with E-state index in [1.165, 1.54) is 0 Å². The number of likely N-dealkylation sites (N-methyl/N-ethyl adjacent to an activating group) is 1. The monoisotopic (exact) mass is 322 g/mol. The first-order valence-corrected chi connectivity index (χ1v) is 6.67. The Kier molecular flexibility index (Phi) is 4.76. The van der Waals surface area contributed by atoms with Gasteiger partial charge in [0, 0.05) is 0 Å². The number of rotatable bonds is 6. The fourth-order valence-corrected chi connectivity index (χ4v) is 2.15. The van der Waals surface area contributed by atoms with Crippen LogP contribution in [0, 0.1) is 0 Å². The largest absolute Gasteiger partial charge is 0.470 e. The molecule has 5 heteroatoms. The van der Waals surface area contributed by atoms with Crippen LogP contribution in [-0.2, 0) is 6.61 Å². The van der Waals surface area contributed by atoms with Crippen LogP contribution >= 0.6 is 15.9 Å². The summed E-state index contributed by atoms with van der Waals surface area (Å²) in [6, 6.07) is 9.79. The van der Waals surface area contributed by atoms with Crippen LogP contribution in [0.15, 0.2) is 52.0 Å². The lowest BCUT2D eigenvalue weighted by molar-refractivity contribution is 0.263. The van der Waals surface area contributed by atoms with Crippen LogP contribution in [0.5, 0.6) is 5.88 Å². The van der Waals surface area contributed by atoms with Crippen LogP contribution < -0.4 is 10.1 Å². The molecule has 0 spiro atoms. The van der Waals surface area contributed by atoms with Crippen molar-refractivity contribution in [2.75, 3.05) is 7.05 Å². The van der Waals surface area contributed by atoms with Crippen molar-refractivity contribution >= 4 is 15.9 Å². The number of nitrogens with zero attached hydrogens (tertiary/aromatic N) is 1. The summed E-state index contributed by atoms with van der Waals surface area (Å²) in [5, 5.41) is 6.97. The summed E-state index contributed by atoms with van der Waals surface area (Å²) < 4.78 is 11.6. The van der Waals surface area contributed by atoms with Gasteiger partial charge < -0.3 is 14.6 Å². The zero-order valence-corrected chi connectivity index (χ0v) is 12.2. The number of benzene rings is 1. The van der Waals surface area contributed by atoms with Crippen molar-refractivity contribution in [1.29, 1.82) is 0 Å². The number of aromatic nitrogens is 1. The van der Waals surface area contributed by atoms with Crippen molar-refractivity contribution in [3.8, 4) is 5.88 Å². The summed E-state index contributed by atoms with van der Waals surface area (Å²) in [7, 11) is 1.83. The fourth-order valence-electron chi connectivity index (χ4n) is 1.64. The smallest absolute Gasteiger partial charge is 0.269 e. The Morgan fingerprint density at radius 1 is 1.47 bits per heavy atom. The maximum absolute atomic E-state index is 5.63. The Labute approximate surface area is 120 Å². The molecule has 0 aliphatic carbocycles. The lowest BCUT2D eigenvalue weighted by atomic mass is 10.2. The molecule has 100 valence electrons. The summed E-state index contributed by atoms with van der Waals surface area (Å²) in [4.78, 5) is 0. The standard InChI is InChI=1S/C14H15BrN2O2/c1-3-11(16-2)13-12(15)14(17-19-13)18-9-10-7-5-4-6-8-10/h3-8,11,16H,1,9H2,2H3/t11-/m1/s1. The van der Waals surface area contributed by atoms with E-state index in [1.807, 2.05) is 37.4 Å². The minimum Gasteiger partial charge on any atom is -0.470 e. The highest BCUT2D eigenvalue weighted by Gasteiger charge is 2.20. The average Bonchev–Trinajstić information content (AvgIpc) is 2.81. The fraction of sp³-hybridized carbons (Fsp3) is 0.214. The van der Waals surface area contributed by atoms with Crippen molar-refractivity contribution < 1.29 is 9.26 Å². The number of ether oxygens (including phenoxy) is 1. The molecule has 0 saturated heterocycles. The summed E-state index contributed by atoms with van der Waals surface area (Å²) >= 11 is 3.44. The van der Waals surface area contributed by atoms with Gasteiger partial charge in [0.05, 0.1) is 6.04 Å². The Hall–Kier alpha value is -1.59. The molecule has 2 aromatic rings. The maximum Gasteiger partial charge on any atom is 0.269 e. The SMILES string of the molecule is C=C[C@@H](NC)c1onc(OCc2ccccc2)c1Br. The first kappa shape index (κ1) is 13.8. The highest BCUT2D eigenvalue weighted by Crippen LogP contribution is 2.32. The highest BCUT2D eigenvalue weighted by atomic mass is 79.9. The molecule has 4 nitrogen and oxygen atoms in total. The van der Waals surface area contributed by atoms with Gasteiger partial charge in [-0.3, -0.25) is 0 Å². The van der Waals surface area contributed by atoms with E-state index in [-0.39, 0.29) is 6.04 Å². The van der Waals surface area contributed by atoms with Gasteiger partial charge in [0.2, 0.25) is 0 Å². The van der Waals surface area contributed by atoms with E-state index in [1.54, 1.807) is 6.08 Å². The molecule has 1 aromatic carbocycles. The van der Waals surface area contributed by atoms with Crippen LogP contribution in [0.4, 0.5) is 0 Å². The van der Waals surface area contributed by atoms with Crippen molar-refractivity contribution in [3.63, 3.8) is 0 Å². The lowest BCUT2D eigenvalue weighted by Gasteiger charge is -2.07. The quantitative estimate of drug-likeness (QED) is 0.827. The number of hydrogen-bond acceptors (Lipinski definition) is 4. The normalized spacial score (nSPS) is 12.1. The van der Waals surface area contributed by atoms with Crippen LogP contribution in [0.3, 0.4) is 0 Å². The first-order valence-electron chi connectivity index (χ1n) is 5.88. The van der Waals surface area contributed by atoms with Crippen molar-refractivity contribution in [1.82, 2.24) is 10.5 Å². The first-order chi connectivity index (χ1) is 9.26. The predicted octanol–water partition coefficient (Wildman–Crippen LogP) is 3.46. The van der Waals surface area contributed by atoms with Gasteiger partial charge >= 0.3 is 0 Å². The number of halogens is 1. The molecular weight excluding hydrogens is 308 g/mol. The van der Waals surface area contributed by atoms with Crippen molar-refractivity contribution in [2.24, 2.45) is 0 Å². The molecule has 1 N–H and O–H groups in total. The van der Waals surface area contributed by atoms with Gasteiger partial charge in [0.15, 0.2) is 5.76 Å². The molecule has 2 rings (SSSR count). The predicted molar refractivity (Wildman–Crippen MR) is 77.0 cm³/mol. The molecule has 0 aliphatic heterocycles. The van der Waals surface area contributed by atoms with Crippen LogP contribution in [0.1, 0.15) is 17.4 Å². The maximum atomic E-state index is 5.63. The second-order valence-corrected chi connectivity index (χ2v) is 4.74. The molecule has 0 bridgehead atoms. The molecule has 19 heavy (non-hydrogen) atoms. The third kappa shape index (κ3) is 3.24. The topological polar surface area (TPSA) is 47.3 Å². The Bertz CT molecular complexity index is 540. The Morgan fingerprint density at radius 2 is 2.21 bits per heavy atom. The van der Waals surface area contributed by atoms with Gasteiger partial charge in [-0.15, -0.1) is 6.58 Å².